The molecular weight excluding hydrogens is 384 g/mol. The zero-order valence-corrected chi connectivity index (χ0v) is 17.1. The van der Waals surface area contributed by atoms with Crippen molar-refractivity contribution in [3.63, 3.8) is 0 Å². The van der Waals surface area contributed by atoms with Gasteiger partial charge in [0.15, 0.2) is 5.16 Å². The van der Waals surface area contributed by atoms with Crippen LogP contribution in [-0.4, -0.2) is 37.4 Å². The number of fused-ring (bicyclic) bond motifs is 1. The number of thioether (sulfide) groups is 1. The first-order chi connectivity index (χ1) is 12.9. The van der Waals surface area contributed by atoms with Crippen LogP contribution in [0.4, 0.5) is 5.82 Å². The van der Waals surface area contributed by atoms with E-state index in [-0.39, 0.29) is 17.0 Å². The lowest BCUT2D eigenvalue weighted by Crippen LogP contribution is -2.25. The van der Waals surface area contributed by atoms with E-state index in [4.69, 9.17) is 15.5 Å². The van der Waals surface area contributed by atoms with Gasteiger partial charge in [0.2, 0.25) is 0 Å². The lowest BCUT2D eigenvalue weighted by atomic mass is 10.2. The Labute approximate surface area is 164 Å². The number of thiophene rings is 1. The number of ether oxygens (including phenoxy) is 1. The van der Waals surface area contributed by atoms with Crippen LogP contribution >= 0.6 is 23.1 Å². The van der Waals surface area contributed by atoms with Crippen LogP contribution in [-0.2, 0) is 11.3 Å². The fraction of sp³-hybridized carbons (Fsp3) is 0.529. The molecule has 144 valence electrons. The van der Waals surface area contributed by atoms with Gasteiger partial charge in [-0.3, -0.25) is 4.57 Å². The standard InChI is InChI=1S/C17H22N6O2S2/c1-8-9(2)26-15-12(8)13(18)19-14(20-15)10(3)27-17-22-21-16(24)23(17)7-11-5-4-6-25-11/h10-11H,4-7H2,1-3H3,(H,21,24)(H2,18,19,20). The first-order valence-electron chi connectivity index (χ1n) is 8.90. The molecule has 0 bridgehead atoms. The molecule has 0 amide bonds. The third-order valence-corrected chi connectivity index (χ3v) is 7.04. The monoisotopic (exact) mass is 406 g/mol. The van der Waals surface area contributed by atoms with Crippen molar-refractivity contribution in [1.82, 2.24) is 24.7 Å². The summed E-state index contributed by atoms with van der Waals surface area (Å²) in [7, 11) is 0. The predicted molar refractivity (Wildman–Crippen MR) is 107 cm³/mol. The summed E-state index contributed by atoms with van der Waals surface area (Å²) in [6.45, 7) is 7.36. The van der Waals surface area contributed by atoms with Crippen molar-refractivity contribution in [1.29, 1.82) is 0 Å². The molecule has 3 aromatic rings. The van der Waals surface area contributed by atoms with Crippen molar-refractivity contribution >= 4 is 39.1 Å². The summed E-state index contributed by atoms with van der Waals surface area (Å²) in [6.07, 6.45) is 2.06. The molecule has 2 unspecified atom stereocenters. The van der Waals surface area contributed by atoms with Crippen LogP contribution < -0.4 is 11.4 Å². The average molecular weight is 407 g/mol. The molecule has 1 aliphatic heterocycles. The number of hydrogen-bond acceptors (Lipinski definition) is 8. The Morgan fingerprint density at radius 3 is 3.00 bits per heavy atom. The van der Waals surface area contributed by atoms with Gasteiger partial charge in [-0.25, -0.2) is 19.9 Å². The Bertz CT molecular complexity index is 1030. The van der Waals surface area contributed by atoms with Crippen molar-refractivity contribution in [2.45, 2.75) is 56.7 Å². The Balaban J connectivity index is 1.60. The molecule has 10 heteroatoms. The van der Waals surface area contributed by atoms with Gasteiger partial charge in [-0.05, 0) is 39.2 Å². The molecule has 0 saturated carbocycles. The fourth-order valence-corrected chi connectivity index (χ4v) is 5.19. The van der Waals surface area contributed by atoms with Crippen molar-refractivity contribution in [3.8, 4) is 0 Å². The molecule has 0 radical (unpaired) electrons. The number of anilines is 1. The molecule has 4 heterocycles. The fourth-order valence-electron chi connectivity index (χ4n) is 3.24. The number of aromatic amines is 1. The van der Waals surface area contributed by atoms with Gasteiger partial charge in [-0.2, -0.15) is 0 Å². The quantitative estimate of drug-likeness (QED) is 0.627. The molecule has 2 atom stereocenters. The summed E-state index contributed by atoms with van der Waals surface area (Å²) < 4.78 is 7.29. The number of nitrogens with two attached hydrogens (primary N) is 1. The van der Waals surface area contributed by atoms with Crippen molar-refractivity contribution in [2.24, 2.45) is 0 Å². The Hall–Kier alpha value is -1.91. The maximum absolute atomic E-state index is 12.1. The highest BCUT2D eigenvalue weighted by Crippen LogP contribution is 2.36. The number of aryl methyl sites for hydroxylation is 2. The molecule has 3 aromatic heterocycles. The lowest BCUT2D eigenvalue weighted by molar-refractivity contribution is 0.0941. The highest BCUT2D eigenvalue weighted by Gasteiger charge is 2.23. The van der Waals surface area contributed by atoms with E-state index in [0.717, 1.165) is 35.2 Å². The van der Waals surface area contributed by atoms with Gasteiger partial charge in [-0.1, -0.05) is 11.8 Å². The second-order valence-corrected chi connectivity index (χ2v) is 9.26. The minimum absolute atomic E-state index is 0.0651. The maximum atomic E-state index is 12.1. The normalized spacial score (nSPS) is 18.4. The summed E-state index contributed by atoms with van der Waals surface area (Å²) in [4.78, 5) is 23.5. The zero-order chi connectivity index (χ0) is 19.1. The minimum atomic E-state index is -0.222. The molecule has 27 heavy (non-hydrogen) atoms. The number of nitrogens with zero attached hydrogens (tertiary/aromatic N) is 4. The number of nitrogen functional groups attached to an aromatic ring is 1. The van der Waals surface area contributed by atoms with Gasteiger partial charge in [-0.15, -0.1) is 16.4 Å². The molecule has 0 spiro atoms. The van der Waals surface area contributed by atoms with Gasteiger partial charge in [0, 0.05) is 11.5 Å². The maximum Gasteiger partial charge on any atom is 0.344 e. The van der Waals surface area contributed by atoms with Gasteiger partial charge in [0.25, 0.3) is 0 Å². The third kappa shape index (κ3) is 3.48. The van der Waals surface area contributed by atoms with Crippen LogP contribution in [0.15, 0.2) is 9.95 Å². The van der Waals surface area contributed by atoms with Crippen LogP contribution in [0.5, 0.6) is 0 Å². The van der Waals surface area contributed by atoms with Gasteiger partial charge in [0.05, 0.1) is 23.3 Å². The number of aromatic nitrogens is 5. The summed E-state index contributed by atoms with van der Waals surface area (Å²) in [5.74, 6) is 1.15. The molecular formula is C17H22N6O2S2. The van der Waals surface area contributed by atoms with Crippen LogP contribution in [0.1, 0.15) is 41.3 Å². The molecule has 1 fully saturated rings. The van der Waals surface area contributed by atoms with Gasteiger partial charge >= 0.3 is 5.69 Å². The number of nitrogens with one attached hydrogen (secondary N) is 1. The van der Waals surface area contributed by atoms with Gasteiger partial charge in [0.1, 0.15) is 16.5 Å². The summed E-state index contributed by atoms with van der Waals surface area (Å²) in [5.41, 5.74) is 7.11. The van der Waals surface area contributed by atoms with Gasteiger partial charge < -0.3 is 10.5 Å². The largest absolute Gasteiger partial charge is 0.383 e. The second-order valence-electron chi connectivity index (χ2n) is 6.75. The van der Waals surface area contributed by atoms with Crippen molar-refractivity contribution in [3.05, 3.63) is 26.7 Å². The lowest BCUT2D eigenvalue weighted by Gasteiger charge is -2.13. The topological polar surface area (TPSA) is 112 Å². The van der Waals surface area contributed by atoms with Crippen LogP contribution in [0.25, 0.3) is 10.2 Å². The molecule has 3 N–H and O–H groups in total. The highest BCUT2D eigenvalue weighted by atomic mass is 32.2. The van der Waals surface area contributed by atoms with Crippen LogP contribution in [0, 0.1) is 13.8 Å². The number of hydrogen-bond donors (Lipinski definition) is 2. The minimum Gasteiger partial charge on any atom is -0.383 e. The van der Waals surface area contributed by atoms with E-state index >= 15 is 0 Å². The SMILES string of the molecule is Cc1sc2nc(C(C)Sc3n[nH]c(=O)n3CC3CCCO3)nc(N)c2c1C. The predicted octanol–water partition coefficient (Wildman–Crippen LogP) is 2.81. The molecule has 0 aliphatic carbocycles. The zero-order valence-electron chi connectivity index (χ0n) is 15.5. The summed E-state index contributed by atoms with van der Waals surface area (Å²) in [5, 5.41) is 8.17. The number of rotatable bonds is 5. The number of H-pyrrole nitrogens is 1. The van der Waals surface area contributed by atoms with E-state index in [9.17, 15) is 4.79 Å². The Morgan fingerprint density at radius 2 is 2.26 bits per heavy atom. The average Bonchev–Trinajstić information content (AvgIpc) is 3.32. The third-order valence-electron chi connectivity index (χ3n) is 4.85. The van der Waals surface area contributed by atoms with Crippen molar-refractivity contribution < 1.29 is 4.74 Å². The highest BCUT2D eigenvalue weighted by molar-refractivity contribution is 7.99. The summed E-state index contributed by atoms with van der Waals surface area (Å²) in [6, 6.07) is 0. The summed E-state index contributed by atoms with van der Waals surface area (Å²) >= 11 is 3.07. The van der Waals surface area contributed by atoms with E-state index in [2.05, 4.69) is 22.1 Å². The van der Waals surface area contributed by atoms with E-state index in [1.54, 1.807) is 15.9 Å². The second kappa shape index (κ2) is 7.25. The van der Waals surface area contributed by atoms with Crippen LogP contribution in [0.2, 0.25) is 0 Å². The smallest absolute Gasteiger partial charge is 0.344 e. The molecule has 8 nitrogen and oxygen atoms in total. The molecule has 1 aliphatic rings. The van der Waals surface area contributed by atoms with E-state index in [1.807, 2.05) is 13.8 Å². The molecule has 0 aromatic carbocycles. The molecule has 1 saturated heterocycles. The van der Waals surface area contributed by atoms with E-state index in [1.165, 1.54) is 16.6 Å². The Morgan fingerprint density at radius 1 is 1.44 bits per heavy atom. The van der Waals surface area contributed by atoms with E-state index in [0.29, 0.717) is 23.3 Å². The first-order valence-corrected chi connectivity index (χ1v) is 10.6. The molecule has 4 rings (SSSR count). The van der Waals surface area contributed by atoms with Crippen LogP contribution in [0.3, 0.4) is 0 Å². The van der Waals surface area contributed by atoms with Crippen molar-refractivity contribution in [2.75, 3.05) is 12.3 Å². The first kappa shape index (κ1) is 18.5. The Kier molecular flexibility index (Phi) is 4.95. The van der Waals surface area contributed by atoms with E-state index < -0.39 is 0 Å².